The van der Waals surface area contributed by atoms with Crippen LogP contribution in [0.15, 0.2) is 163 Å². The fraction of sp³-hybridized carbons (Fsp3) is 0.0870. The standard InChI is InChI=1S/C46H34Si/c1-47(2)42-28-33-16-6-5-15-32(33)27-41(42)39-24-25-40-43(34-23-22-29-12-3-4-14-31(29)26-34)37-19-9-10-20-38(37)44(45(40)46(39)47)36-21-11-17-30-13-7-8-18-35(30)36/h3-28,35-36H,1-2H3. The number of rotatable bonds is 2. The first-order valence-electron chi connectivity index (χ1n) is 16.9. The lowest BCUT2D eigenvalue weighted by molar-refractivity contribution is 0.679. The molecule has 1 heterocycles. The smallest absolute Gasteiger partial charge is 0.0761 e. The maximum atomic E-state index is 2.59. The predicted octanol–water partition coefficient (Wildman–Crippen LogP) is 11.1. The molecule has 1 heteroatoms. The van der Waals surface area contributed by atoms with Gasteiger partial charge in [-0.25, -0.2) is 0 Å². The zero-order valence-electron chi connectivity index (χ0n) is 26.7. The molecule has 0 aromatic heterocycles. The number of allylic oxidation sites excluding steroid dienone is 8. The quantitative estimate of drug-likeness (QED) is 0.134. The molecule has 2 unspecified atom stereocenters. The van der Waals surface area contributed by atoms with Crippen molar-refractivity contribution in [1.82, 2.24) is 0 Å². The zero-order valence-corrected chi connectivity index (χ0v) is 27.7. The minimum atomic E-state index is -2.13. The van der Waals surface area contributed by atoms with Crippen molar-refractivity contribution in [2.75, 3.05) is 0 Å². The number of fused-ring (bicyclic) bond motifs is 9. The highest BCUT2D eigenvalue weighted by Gasteiger charge is 2.41. The van der Waals surface area contributed by atoms with E-state index in [1.54, 1.807) is 10.4 Å². The van der Waals surface area contributed by atoms with Gasteiger partial charge in [0.1, 0.15) is 8.07 Å². The molecule has 3 aliphatic rings. The molecule has 1 aliphatic heterocycles. The van der Waals surface area contributed by atoms with Crippen molar-refractivity contribution in [3.05, 3.63) is 169 Å². The first-order chi connectivity index (χ1) is 23.1. The highest BCUT2D eigenvalue weighted by Crippen LogP contribution is 2.49. The van der Waals surface area contributed by atoms with E-state index in [4.69, 9.17) is 0 Å². The Labute approximate surface area is 276 Å². The van der Waals surface area contributed by atoms with E-state index >= 15 is 0 Å². The van der Waals surface area contributed by atoms with E-state index in [2.05, 4.69) is 171 Å². The van der Waals surface area contributed by atoms with Crippen LogP contribution in [0.3, 0.4) is 0 Å². The van der Waals surface area contributed by atoms with Gasteiger partial charge in [0.25, 0.3) is 0 Å². The summed E-state index contributed by atoms with van der Waals surface area (Å²) in [7, 11) is -2.13. The van der Waals surface area contributed by atoms with Gasteiger partial charge in [-0.1, -0.05) is 159 Å². The van der Waals surface area contributed by atoms with Gasteiger partial charge in [0.2, 0.25) is 0 Å². The average molecular weight is 615 g/mol. The minimum absolute atomic E-state index is 0.244. The number of hydrogen-bond donors (Lipinski definition) is 0. The van der Waals surface area contributed by atoms with E-state index in [9.17, 15) is 0 Å². The minimum Gasteiger partial charge on any atom is -0.0761 e. The molecule has 0 saturated carbocycles. The third-order valence-corrected chi connectivity index (χ3v) is 14.7. The van der Waals surface area contributed by atoms with Gasteiger partial charge < -0.3 is 0 Å². The second-order valence-corrected chi connectivity index (χ2v) is 18.3. The van der Waals surface area contributed by atoms with Crippen LogP contribution in [0, 0.1) is 5.92 Å². The highest BCUT2D eigenvalue weighted by atomic mass is 28.3. The van der Waals surface area contributed by atoms with Crippen molar-refractivity contribution < 1.29 is 0 Å². The molecule has 0 saturated heterocycles. The second kappa shape index (κ2) is 9.88. The molecule has 0 N–H and O–H groups in total. The van der Waals surface area contributed by atoms with Gasteiger partial charge in [-0.2, -0.15) is 0 Å². The predicted molar refractivity (Wildman–Crippen MR) is 206 cm³/mol. The Morgan fingerprint density at radius 3 is 2.06 bits per heavy atom. The molecule has 47 heavy (non-hydrogen) atoms. The first kappa shape index (κ1) is 26.9. The molecular weight excluding hydrogens is 581 g/mol. The summed E-state index contributed by atoms with van der Waals surface area (Å²) in [5.41, 5.74) is 8.40. The van der Waals surface area contributed by atoms with Crippen LogP contribution in [0.1, 0.15) is 11.5 Å². The Bertz CT molecular complexity index is 2610. The Kier molecular flexibility index (Phi) is 5.66. The molecule has 0 bridgehead atoms. The Morgan fingerprint density at radius 1 is 0.532 bits per heavy atom. The van der Waals surface area contributed by atoms with Gasteiger partial charge >= 0.3 is 0 Å². The molecule has 7 aromatic carbocycles. The van der Waals surface area contributed by atoms with Crippen molar-refractivity contribution in [3.8, 4) is 22.3 Å². The second-order valence-electron chi connectivity index (χ2n) is 14.0. The summed E-state index contributed by atoms with van der Waals surface area (Å²) in [6.07, 6.45) is 16.2. The van der Waals surface area contributed by atoms with Gasteiger partial charge in [-0.15, -0.1) is 0 Å². The van der Waals surface area contributed by atoms with E-state index in [0.29, 0.717) is 5.92 Å². The molecule has 222 valence electrons. The Hall–Kier alpha value is -5.24. The molecule has 0 spiro atoms. The molecule has 0 nitrogen and oxygen atoms in total. The van der Waals surface area contributed by atoms with Crippen LogP contribution in [0.25, 0.3) is 65.3 Å². The molecule has 7 aromatic rings. The normalized spacial score (nSPS) is 18.9. The third kappa shape index (κ3) is 3.81. The number of benzene rings is 7. The molecule has 10 rings (SSSR count). The van der Waals surface area contributed by atoms with Crippen LogP contribution in [0.2, 0.25) is 13.1 Å². The van der Waals surface area contributed by atoms with Crippen molar-refractivity contribution in [1.29, 1.82) is 0 Å². The van der Waals surface area contributed by atoms with Crippen LogP contribution in [0.5, 0.6) is 0 Å². The van der Waals surface area contributed by atoms with Gasteiger partial charge in [-0.3, -0.25) is 0 Å². The van der Waals surface area contributed by atoms with Crippen molar-refractivity contribution in [2.45, 2.75) is 19.0 Å². The third-order valence-electron chi connectivity index (χ3n) is 11.2. The fourth-order valence-electron chi connectivity index (χ4n) is 9.05. The van der Waals surface area contributed by atoms with E-state index in [1.807, 2.05) is 0 Å². The summed E-state index contributed by atoms with van der Waals surface area (Å²) >= 11 is 0. The summed E-state index contributed by atoms with van der Waals surface area (Å²) in [5.74, 6) is 0.559. The lowest BCUT2D eigenvalue weighted by Crippen LogP contribution is -2.49. The van der Waals surface area contributed by atoms with Gasteiger partial charge in [0, 0.05) is 11.8 Å². The maximum absolute atomic E-state index is 2.59. The van der Waals surface area contributed by atoms with E-state index in [-0.39, 0.29) is 5.92 Å². The summed E-state index contributed by atoms with van der Waals surface area (Å²) in [6.45, 7) is 5.18. The largest absolute Gasteiger partial charge is 0.114 e. The van der Waals surface area contributed by atoms with Gasteiger partial charge in [0.15, 0.2) is 0 Å². The van der Waals surface area contributed by atoms with E-state index < -0.39 is 8.07 Å². The summed E-state index contributed by atoms with van der Waals surface area (Å²) in [4.78, 5) is 0. The summed E-state index contributed by atoms with van der Waals surface area (Å²) in [6, 6.07) is 43.8. The lowest BCUT2D eigenvalue weighted by atomic mass is 9.73. The fourth-order valence-corrected chi connectivity index (χ4v) is 12.5. The molecule has 0 fully saturated rings. The Balaban J connectivity index is 1.38. The van der Waals surface area contributed by atoms with Crippen LogP contribution in [0.4, 0.5) is 0 Å². The topological polar surface area (TPSA) is 0 Å². The highest BCUT2D eigenvalue weighted by molar-refractivity contribution is 7.05. The molecular formula is C46H34Si. The first-order valence-corrected chi connectivity index (χ1v) is 19.9. The van der Waals surface area contributed by atoms with Crippen LogP contribution >= 0.6 is 0 Å². The SMILES string of the molecule is C[Si]1(C)c2cc3ccccc3cc2-c2ccc3c(-c4ccc5ccccc5c4)c4ccccc4c(C4C=CC=C5C=CC=CC54)c3c21. The molecule has 2 atom stereocenters. The maximum Gasteiger partial charge on any atom is 0.114 e. The Morgan fingerprint density at radius 2 is 1.23 bits per heavy atom. The van der Waals surface area contributed by atoms with Crippen LogP contribution in [-0.4, -0.2) is 8.07 Å². The van der Waals surface area contributed by atoms with Crippen LogP contribution < -0.4 is 10.4 Å². The van der Waals surface area contributed by atoms with Crippen molar-refractivity contribution >= 4 is 61.5 Å². The van der Waals surface area contributed by atoms with E-state index in [1.165, 1.54) is 76.5 Å². The van der Waals surface area contributed by atoms with Crippen molar-refractivity contribution in [3.63, 3.8) is 0 Å². The number of hydrogen-bond acceptors (Lipinski definition) is 0. The summed E-state index contributed by atoms with van der Waals surface area (Å²) in [5, 5.41) is 14.0. The van der Waals surface area contributed by atoms with Crippen LogP contribution in [-0.2, 0) is 0 Å². The lowest BCUT2D eigenvalue weighted by Gasteiger charge is -2.32. The van der Waals surface area contributed by atoms with E-state index in [0.717, 1.165) is 0 Å². The average Bonchev–Trinajstić information content (AvgIpc) is 3.34. The monoisotopic (exact) mass is 614 g/mol. The molecule has 0 amide bonds. The zero-order chi connectivity index (χ0) is 31.3. The van der Waals surface area contributed by atoms with Gasteiger partial charge in [-0.05, 0) is 99.0 Å². The summed E-state index contributed by atoms with van der Waals surface area (Å²) < 4.78 is 0. The van der Waals surface area contributed by atoms with Crippen molar-refractivity contribution in [2.24, 2.45) is 5.92 Å². The van der Waals surface area contributed by atoms with Gasteiger partial charge in [0.05, 0.1) is 0 Å². The molecule has 0 radical (unpaired) electrons. The molecule has 2 aliphatic carbocycles.